The number of halogens is 3. The molecule has 1 atom stereocenters. The maximum atomic E-state index is 14.1. The molecule has 176 valence electrons. The number of hydrogen-bond donors (Lipinski definition) is 1. The molecule has 10 heteroatoms. The first-order chi connectivity index (χ1) is 16.1. The summed E-state index contributed by atoms with van der Waals surface area (Å²) in [5, 5.41) is 11.0. The highest BCUT2D eigenvalue weighted by Crippen LogP contribution is 2.48. The van der Waals surface area contributed by atoms with Crippen LogP contribution in [0.2, 0.25) is 0 Å². The van der Waals surface area contributed by atoms with Crippen molar-refractivity contribution in [1.82, 2.24) is 9.13 Å². The minimum Gasteiger partial charge on any atom is -0.458 e. The number of alkyl halides is 2. The van der Waals surface area contributed by atoms with E-state index in [1.165, 1.54) is 22.8 Å². The number of rotatable bonds is 2. The Hall–Kier alpha value is -3.40. The lowest BCUT2D eigenvalue weighted by Crippen LogP contribution is -2.44. The average Bonchev–Trinajstić information content (AvgIpc) is 3.16. The van der Waals surface area contributed by atoms with E-state index >= 15 is 0 Å². The van der Waals surface area contributed by atoms with Crippen molar-refractivity contribution in [3.05, 3.63) is 67.5 Å². The monoisotopic (exact) mass is 472 g/mol. The number of carbonyl (C=O) groups excluding carboxylic acids is 1. The molecule has 3 aromatic rings. The molecular weight excluding hydrogens is 453 g/mol. The van der Waals surface area contributed by atoms with Crippen LogP contribution in [0.1, 0.15) is 49.0 Å². The number of hydrogen-bond acceptors (Lipinski definition) is 5. The zero-order valence-corrected chi connectivity index (χ0v) is 18.0. The predicted molar refractivity (Wildman–Crippen MR) is 114 cm³/mol. The number of pyridine rings is 2. The van der Waals surface area contributed by atoms with Crippen LogP contribution in [-0.4, -0.2) is 26.1 Å². The van der Waals surface area contributed by atoms with Gasteiger partial charge >= 0.3 is 5.97 Å². The molecule has 34 heavy (non-hydrogen) atoms. The molecule has 2 aromatic heterocycles. The maximum Gasteiger partial charge on any atom is 0.343 e. The van der Waals surface area contributed by atoms with Crippen molar-refractivity contribution in [2.75, 3.05) is 0 Å². The van der Waals surface area contributed by atoms with E-state index in [9.17, 15) is 32.7 Å². The summed E-state index contributed by atoms with van der Waals surface area (Å²) in [6.45, 7) is 1.19. The number of aromatic nitrogens is 2. The number of aliphatic hydroxyl groups is 1. The molecule has 0 spiro atoms. The molecule has 1 fully saturated rings. The summed E-state index contributed by atoms with van der Waals surface area (Å²) in [6, 6.07) is 4.42. The van der Waals surface area contributed by atoms with Crippen molar-refractivity contribution in [3.8, 4) is 11.3 Å². The topological polar surface area (TPSA) is 90.5 Å². The van der Waals surface area contributed by atoms with Crippen LogP contribution in [-0.2, 0) is 28.3 Å². The minimum absolute atomic E-state index is 0.0118. The summed E-state index contributed by atoms with van der Waals surface area (Å²) in [5.74, 6) is -4.39. The molecule has 0 radical (unpaired) electrons. The van der Waals surface area contributed by atoms with Crippen LogP contribution < -0.4 is 11.0 Å². The Morgan fingerprint density at radius 3 is 2.59 bits per heavy atom. The highest BCUT2D eigenvalue weighted by atomic mass is 19.3. The first-order valence-corrected chi connectivity index (χ1v) is 11.0. The Bertz CT molecular complexity index is 1550. The zero-order chi connectivity index (χ0) is 24.2. The van der Waals surface area contributed by atoms with E-state index in [1.807, 2.05) is 0 Å². The fourth-order valence-corrected chi connectivity index (χ4v) is 5.49. The molecular formula is C24H19F3N2O5. The second-order valence-corrected chi connectivity index (χ2v) is 9.20. The van der Waals surface area contributed by atoms with Crippen LogP contribution in [0.25, 0.3) is 22.2 Å². The second-order valence-electron chi connectivity index (χ2n) is 9.20. The summed E-state index contributed by atoms with van der Waals surface area (Å²) in [4.78, 5) is 39.2. The molecule has 1 aliphatic carbocycles. The Kier molecular flexibility index (Phi) is 4.10. The zero-order valence-electron chi connectivity index (χ0n) is 18.0. The van der Waals surface area contributed by atoms with E-state index in [4.69, 9.17) is 4.74 Å². The Labute approximate surface area is 190 Å². The van der Waals surface area contributed by atoms with Crippen LogP contribution in [0.3, 0.4) is 0 Å². The third-order valence-electron chi connectivity index (χ3n) is 7.31. The van der Waals surface area contributed by atoms with Crippen molar-refractivity contribution in [2.45, 2.75) is 56.9 Å². The van der Waals surface area contributed by atoms with Gasteiger partial charge in [-0.2, -0.15) is 0 Å². The van der Waals surface area contributed by atoms with Crippen LogP contribution in [0.5, 0.6) is 0 Å². The SMILES string of the molecule is CC[C@@]1(O)C(=O)OCc2c1cc1n(c2=O)Cc2c-1c(=O)c1cc(F)ccc1n2C1CC(F)(F)C1. The molecule has 0 amide bonds. The average molecular weight is 472 g/mol. The fourth-order valence-electron chi connectivity index (χ4n) is 5.49. The molecule has 1 saturated carbocycles. The Morgan fingerprint density at radius 2 is 1.91 bits per heavy atom. The quantitative estimate of drug-likeness (QED) is 0.453. The third-order valence-corrected chi connectivity index (χ3v) is 7.31. The lowest BCUT2D eigenvalue weighted by atomic mass is 9.85. The van der Waals surface area contributed by atoms with Crippen molar-refractivity contribution >= 4 is 16.9 Å². The highest BCUT2D eigenvalue weighted by molar-refractivity contribution is 5.88. The van der Waals surface area contributed by atoms with Crippen LogP contribution >= 0.6 is 0 Å². The first kappa shape index (κ1) is 21.2. The lowest BCUT2D eigenvalue weighted by molar-refractivity contribution is -0.172. The van der Waals surface area contributed by atoms with Gasteiger partial charge in [-0.05, 0) is 30.7 Å². The Morgan fingerprint density at radius 1 is 1.18 bits per heavy atom. The molecule has 0 bridgehead atoms. The van der Waals surface area contributed by atoms with Gasteiger partial charge in [0.2, 0.25) is 0 Å². The van der Waals surface area contributed by atoms with Crippen LogP contribution in [0, 0.1) is 5.82 Å². The van der Waals surface area contributed by atoms with Gasteiger partial charge in [-0.25, -0.2) is 18.0 Å². The molecule has 4 heterocycles. The van der Waals surface area contributed by atoms with Crippen molar-refractivity contribution in [3.63, 3.8) is 0 Å². The molecule has 0 saturated heterocycles. The molecule has 0 unspecified atom stereocenters. The first-order valence-electron chi connectivity index (χ1n) is 11.0. The highest BCUT2D eigenvalue weighted by Gasteiger charge is 2.49. The summed E-state index contributed by atoms with van der Waals surface area (Å²) >= 11 is 0. The van der Waals surface area contributed by atoms with Crippen molar-refractivity contribution in [1.29, 1.82) is 0 Å². The molecule has 6 rings (SSSR count). The summed E-state index contributed by atoms with van der Waals surface area (Å²) in [7, 11) is 0. The normalized spacial score (nSPS) is 22.7. The van der Waals surface area contributed by atoms with Gasteiger partial charge in [0.1, 0.15) is 12.4 Å². The largest absolute Gasteiger partial charge is 0.458 e. The molecule has 1 aromatic carbocycles. The number of esters is 1. The number of nitrogens with zero attached hydrogens (tertiary/aromatic N) is 2. The smallest absolute Gasteiger partial charge is 0.343 e. The predicted octanol–water partition coefficient (Wildman–Crippen LogP) is 2.96. The van der Waals surface area contributed by atoms with E-state index in [1.54, 1.807) is 11.5 Å². The molecule has 1 N–H and O–H groups in total. The summed E-state index contributed by atoms with van der Waals surface area (Å²) < 4.78 is 49.7. The lowest BCUT2D eigenvalue weighted by Gasteiger charge is -2.38. The summed E-state index contributed by atoms with van der Waals surface area (Å²) in [6.07, 6.45) is -0.929. The van der Waals surface area contributed by atoms with Crippen LogP contribution in [0.4, 0.5) is 13.2 Å². The van der Waals surface area contributed by atoms with Gasteiger partial charge in [0.05, 0.1) is 34.6 Å². The minimum atomic E-state index is -2.84. The number of carbonyl (C=O) groups is 1. The number of cyclic esters (lactones) is 1. The van der Waals surface area contributed by atoms with Gasteiger partial charge in [0.25, 0.3) is 11.5 Å². The Balaban J connectivity index is 1.68. The van der Waals surface area contributed by atoms with E-state index in [-0.39, 0.29) is 47.3 Å². The standard InChI is InChI=1S/C24H19F3N2O5/c1-2-24(33)15-6-17-19-18(9-28(17)21(31)14(15)10-34-22(24)32)29(12-7-23(26,27)8-12)16-4-3-11(25)5-13(16)20(19)30/h3-6,12,33H,2,7-10H2,1H3/t24-/m0/s1. The number of fused-ring (bicyclic) bond motifs is 5. The van der Waals surface area contributed by atoms with Gasteiger partial charge in [-0.1, -0.05) is 6.92 Å². The maximum absolute atomic E-state index is 14.1. The molecule has 7 nitrogen and oxygen atoms in total. The number of benzene rings is 1. The second kappa shape index (κ2) is 6.59. The molecule has 3 aliphatic rings. The van der Waals surface area contributed by atoms with Crippen LogP contribution in [0.15, 0.2) is 33.9 Å². The summed E-state index contributed by atoms with van der Waals surface area (Å²) in [5.41, 5.74) is -2.03. The van der Waals surface area contributed by atoms with E-state index in [2.05, 4.69) is 0 Å². The van der Waals surface area contributed by atoms with E-state index in [0.29, 0.717) is 11.2 Å². The van der Waals surface area contributed by atoms with Gasteiger partial charge < -0.3 is 19.0 Å². The number of ether oxygens (including phenoxy) is 1. The fraction of sp³-hybridized carbons (Fsp3) is 0.375. The van der Waals surface area contributed by atoms with Crippen molar-refractivity contribution in [2.24, 2.45) is 0 Å². The van der Waals surface area contributed by atoms with Gasteiger partial charge in [0, 0.05) is 29.8 Å². The van der Waals surface area contributed by atoms with Crippen molar-refractivity contribution < 1.29 is 27.8 Å². The van der Waals surface area contributed by atoms with Gasteiger partial charge in [-0.15, -0.1) is 0 Å². The van der Waals surface area contributed by atoms with Gasteiger partial charge in [0.15, 0.2) is 11.0 Å². The third kappa shape index (κ3) is 2.60. The van der Waals surface area contributed by atoms with Gasteiger partial charge in [-0.3, -0.25) is 9.59 Å². The van der Waals surface area contributed by atoms with E-state index < -0.39 is 53.2 Å². The van der Waals surface area contributed by atoms with E-state index in [0.717, 1.165) is 6.07 Å². The molecule has 2 aliphatic heterocycles.